The van der Waals surface area contributed by atoms with Crippen molar-refractivity contribution in [2.75, 3.05) is 4.90 Å². The normalized spacial score (nSPS) is 14.3. The van der Waals surface area contributed by atoms with Gasteiger partial charge in [0.1, 0.15) is 11.2 Å². The van der Waals surface area contributed by atoms with Crippen molar-refractivity contribution in [1.29, 1.82) is 0 Å². The number of rotatable bonds is 5. The van der Waals surface area contributed by atoms with Crippen LogP contribution in [-0.4, -0.2) is 4.57 Å². The van der Waals surface area contributed by atoms with Gasteiger partial charge in [0.2, 0.25) is 0 Å². The predicted octanol–water partition coefficient (Wildman–Crippen LogP) is 14.7. The highest BCUT2D eigenvalue weighted by Crippen LogP contribution is 2.58. The quantitative estimate of drug-likeness (QED) is 0.177. The van der Waals surface area contributed by atoms with Crippen molar-refractivity contribution in [3.63, 3.8) is 0 Å². The van der Waals surface area contributed by atoms with E-state index in [1.165, 1.54) is 92.2 Å². The molecule has 0 radical (unpaired) electrons. The van der Waals surface area contributed by atoms with Gasteiger partial charge < -0.3 is 13.9 Å². The number of benzene rings is 8. The lowest BCUT2D eigenvalue weighted by Gasteiger charge is -2.30. The highest BCUT2D eigenvalue weighted by Gasteiger charge is 2.45. The van der Waals surface area contributed by atoms with Crippen molar-refractivity contribution in [1.82, 2.24) is 4.57 Å². The molecule has 0 saturated heterocycles. The van der Waals surface area contributed by atoms with Crippen LogP contribution in [0.1, 0.15) is 36.8 Å². The minimum Gasteiger partial charge on any atom is -0.456 e. The van der Waals surface area contributed by atoms with Gasteiger partial charge in [-0.25, -0.2) is 0 Å². The van der Waals surface area contributed by atoms with Gasteiger partial charge in [-0.05, 0) is 113 Å². The van der Waals surface area contributed by atoms with Gasteiger partial charge >= 0.3 is 0 Å². The Morgan fingerprint density at radius 3 is 2.02 bits per heavy atom. The number of fused-ring (bicyclic) bond motifs is 11. The molecule has 2 aliphatic rings. The molecule has 2 aromatic heterocycles. The third-order valence-corrected chi connectivity index (χ3v) is 12.7. The third kappa shape index (κ3) is 4.52. The van der Waals surface area contributed by atoms with Crippen LogP contribution in [0.4, 0.5) is 17.1 Å². The summed E-state index contributed by atoms with van der Waals surface area (Å²) in [6.45, 7) is 0. The molecule has 0 atom stereocenters. The Bertz CT molecular complexity index is 3140. The van der Waals surface area contributed by atoms with E-state index in [1.807, 2.05) is 0 Å². The summed E-state index contributed by atoms with van der Waals surface area (Å²) >= 11 is 0. The Morgan fingerprint density at radius 2 is 1.14 bits per heavy atom. The summed E-state index contributed by atoms with van der Waals surface area (Å²) in [4.78, 5) is 2.45. The first-order valence-corrected chi connectivity index (χ1v) is 19.9. The van der Waals surface area contributed by atoms with Gasteiger partial charge in [-0.2, -0.15) is 0 Å². The standard InChI is InChI=1S/C53H38N2O/c1-2-13-37(14-3-1)55-47-19-8-5-16-42(47)43-29-25-36(33-49(43)55)35-23-26-38(27-24-35)54(48-20-12-22-51-52(48)44-17-6-9-21-50(44)56-51)39-28-30-41-40-15-4-7-18-45(40)53(46(41)34-39)31-10-11-32-53/h1-9,12-30,33-34H,10-11,31-32H2. The highest BCUT2D eigenvalue weighted by molar-refractivity contribution is 6.14. The molecule has 1 spiro atoms. The molecular weight excluding hydrogens is 681 g/mol. The lowest BCUT2D eigenvalue weighted by atomic mass is 9.76. The molecule has 0 unspecified atom stereocenters. The molecule has 2 heterocycles. The van der Waals surface area contributed by atoms with E-state index < -0.39 is 0 Å². The zero-order valence-electron chi connectivity index (χ0n) is 31.0. The molecule has 1 fully saturated rings. The van der Waals surface area contributed by atoms with Crippen LogP contribution in [0.15, 0.2) is 186 Å². The van der Waals surface area contributed by atoms with Gasteiger partial charge in [-0.1, -0.05) is 128 Å². The molecular formula is C53H38N2O. The average molecular weight is 719 g/mol. The largest absolute Gasteiger partial charge is 0.456 e. The van der Waals surface area contributed by atoms with E-state index in [-0.39, 0.29) is 5.41 Å². The second kappa shape index (κ2) is 12.1. The Labute approximate surface area is 325 Å². The van der Waals surface area contributed by atoms with Crippen LogP contribution in [0, 0.1) is 0 Å². The fraction of sp³-hybridized carbons (Fsp3) is 0.0943. The van der Waals surface area contributed by atoms with Gasteiger partial charge in [0.05, 0.1) is 22.1 Å². The van der Waals surface area contributed by atoms with Gasteiger partial charge in [0, 0.05) is 38.6 Å². The van der Waals surface area contributed by atoms with Crippen LogP contribution in [-0.2, 0) is 5.41 Å². The van der Waals surface area contributed by atoms with Crippen LogP contribution in [0.3, 0.4) is 0 Å². The summed E-state index contributed by atoms with van der Waals surface area (Å²) in [5, 5.41) is 4.78. The van der Waals surface area contributed by atoms with E-state index in [0.717, 1.165) is 33.3 Å². The lowest BCUT2D eigenvalue weighted by Crippen LogP contribution is -2.21. The van der Waals surface area contributed by atoms with Gasteiger partial charge in [0.25, 0.3) is 0 Å². The number of para-hydroxylation sites is 3. The maximum Gasteiger partial charge on any atom is 0.137 e. The first kappa shape index (κ1) is 31.5. The van der Waals surface area contributed by atoms with Crippen molar-refractivity contribution >= 4 is 60.8 Å². The maximum atomic E-state index is 6.45. The topological polar surface area (TPSA) is 21.3 Å². The Morgan fingerprint density at radius 1 is 0.464 bits per heavy atom. The lowest BCUT2D eigenvalue weighted by molar-refractivity contribution is 0.550. The first-order valence-electron chi connectivity index (χ1n) is 19.9. The van der Waals surface area contributed by atoms with Crippen molar-refractivity contribution in [3.05, 3.63) is 193 Å². The molecule has 0 amide bonds. The molecule has 3 heteroatoms. The van der Waals surface area contributed by atoms with Crippen LogP contribution in [0.2, 0.25) is 0 Å². The first-order chi connectivity index (χ1) is 27.7. The van der Waals surface area contributed by atoms with E-state index >= 15 is 0 Å². The van der Waals surface area contributed by atoms with Crippen molar-refractivity contribution in [2.24, 2.45) is 0 Å². The summed E-state index contributed by atoms with van der Waals surface area (Å²) in [7, 11) is 0. The zero-order valence-corrected chi connectivity index (χ0v) is 31.0. The van der Waals surface area contributed by atoms with E-state index in [0.29, 0.717) is 0 Å². The number of hydrogen-bond donors (Lipinski definition) is 0. The van der Waals surface area contributed by atoms with Crippen LogP contribution in [0.25, 0.3) is 71.7 Å². The van der Waals surface area contributed by atoms with E-state index in [1.54, 1.807) is 0 Å². The summed E-state index contributed by atoms with van der Waals surface area (Å²) in [5.74, 6) is 0. The molecule has 0 bridgehead atoms. The van der Waals surface area contributed by atoms with E-state index in [9.17, 15) is 0 Å². The fourth-order valence-corrected chi connectivity index (χ4v) is 10.3. The number of aromatic nitrogens is 1. The maximum absolute atomic E-state index is 6.45. The van der Waals surface area contributed by atoms with Crippen molar-refractivity contribution in [3.8, 4) is 27.9 Å². The molecule has 8 aromatic carbocycles. The molecule has 266 valence electrons. The molecule has 56 heavy (non-hydrogen) atoms. The number of hydrogen-bond acceptors (Lipinski definition) is 2. The van der Waals surface area contributed by atoms with Crippen molar-refractivity contribution < 1.29 is 4.42 Å². The molecule has 10 aromatic rings. The van der Waals surface area contributed by atoms with Crippen LogP contribution in [0.5, 0.6) is 0 Å². The summed E-state index contributed by atoms with van der Waals surface area (Å²) in [6.07, 6.45) is 4.93. The average Bonchev–Trinajstić information content (AvgIpc) is 4.04. The Hall–Kier alpha value is -6.84. The molecule has 12 rings (SSSR count). The summed E-state index contributed by atoms with van der Waals surface area (Å²) in [5.41, 5.74) is 17.0. The molecule has 1 saturated carbocycles. The monoisotopic (exact) mass is 718 g/mol. The minimum atomic E-state index is 0.0761. The third-order valence-electron chi connectivity index (χ3n) is 12.7. The predicted molar refractivity (Wildman–Crippen MR) is 233 cm³/mol. The summed E-state index contributed by atoms with van der Waals surface area (Å²) < 4.78 is 8.85. The van der Waals surface area contributed by atoms with Crippen LogP contribution >= 0.6 is 0 Å². The van der Waals surface area contributed by atoms with Crippen molar-refractivity contribution in [2.45, 2.75) is 31.1 Å². The highest BCUT2D eigenvalue weighted by atomic mass is 16.3. The van der Waals surface area contributed by atoms with Gasteiger partial charge in [-0.15, -0.1) is 0 Å². The number of anilines is 3. The van der Waals surface area contributed by atoms with Gasteiger partial charge in [0.15, 0.2) is 0 Å². The zero-order chi connectivity index (χ0) is 36.8. The second-order valence-corrected chi connectivity index (χ2v) is 15.6. The molecule has 2 aliphatic carbocycles. The molecule has 0 N–H and O–H groups in total. The Kier molecular flexibility index (Phi) is 6.80. The molecule has 3 nitrogen and oxygen atoms in total. The van der Waals surface area contributed by atoms with Crippen LogP contribution < -0.4 is 4.90 Å². The number of nitrogens with zero attached hydrogens (tertiary/aromatic N) is 2. The second-order valence-electron chi connectivity index (χ2n) is 15.6. The molecule has 0 aliphatic heterocycles. The van der Waals surface area contributed by atoms with Gasteiger partial charge in [-0.3, -0.25) is 0 Å². The summed E-state index contributed by atoms with van der Waals surface area (Å²) in [6, 6.07) is 66.7. The number of furan rings is 1. The SMILES string of the molecule is c1ccc(-n2c3ccccc3c3ccc(-c4ccc(N(c5ccc6c(c5)C5(CCCC5)c5ccccc5-6)c5cccc6oc7ccccc7c56)cc4)cc32)cc1. The van der Waals surface area contributed by atoms with E-state index in [4.69, 9.17) is 4.42 Å². The minimum absolute atomic E-state index is 0.0761. The smallest absolute Gasteiger partial charge is 0.137 e. The fourth-order valence-electron chi connectivity index (χ4n) is 10.3. The Balaban J connectivity index is 1.03. The van der Waals surface area contributed by atoms with E-state index in [2.05, 4.69) is 191 Å².